The highest BCUT2D eigenvalue weighted by molar-refractivity contribution is 5.48. The summed E-state index contributed by atoms with van der Waals surface area (Å²) in [6.45, 7) is 0.992. The summed E-state index contributed by atoms with van der Waals surface area (Å²) in [6, 6.07) is 12.9. The van der Waals surface area contributed by atoms with Crippen LogP contribution in [0.15, 0.2) is 42.5 Å². The third kappa shape index (κ3) is 2.18. The smallest absolute Gasteiger partial charge is 0.231 e. The van der Waals surface area contributed by atoms with E-state index in [1.165, 1.54) is 0 Å². The zero-order chi connectivity index (χ0) is 12.4. The molecule has 0 saturated carbocycles. The number of hydrogen-bond donors (Lipinski definition) is 2. The molecule has 3 rings (SSSR count). The second-order valence-electron chi connectivity index (χ2n) is 4.09. The van der Waals surface area contributed by atoms with E-state index in [1.807, 2.05) is 30.3 Å². The van der Waals surface area contributed by atoms with Crippen molar-refractivity contribution in [3.8, 4) is 17.2 Å². The largest absolute Gasteiger partial charge is 0.508 e. The topological polar surface area (TPSA) is 50.7 Å². The van der Waals surface area contributed by atoms with Crippen LogP contribution in [0.5, 0.6) is 17.2 Å². The molecule has 2 aromatic rings. The van der Waals surface area contributed by atoms with Crippen LogP contribution in [0.25, 0.3) is 0 Å². The van der Waals surface area contributed by atoms with Gasteiger partial charge in [0.15, 0.2) is 11.5 Å². The summed E-state index contributed by atoms with van der Waals surface area (Å²) in [4.78, 5) is 0. The number of nitrogens with one attached hydrogen (secondary N) is 1. The predicted octanol–water partition coefficient (Wildman–Crippen LogP) is 2.73. The van der Waals surface area contributed by atoms with Crippen molar-refractivity contribution in [3.63, 3.8) is 0 Å². The normalized spacial score (nSPS) is 12.4. The van der Waals surface area contributed by atoms with Crippen LogP contribution in [-0.4, -0.2) is 11.9 Å². The monoisotopic (exact) mass is 243 g/mol. The minimum Gasteiger partial charge on any atom is -0.508 e. The van der Waals surface area contributed by atoms with Crippen molar-refractivity contribution in [2.45, 2.75) is 6.54 Å². The number of anilines is 1. The highest BCUT2D eigenvalue weighted by Gasteiger charge is 2.12. The fourth-order valence-electron chi connectivity index (χ4n) is 1.83. The van der Waals surface area contributed by atoms with Crippen LogP contribution in [0.4, 0.5) is 5.69 Å². The van der Waals surface area contributed by atoms with Crippen molar-refractivity contribution in [3.05, 3.63) is 48.0 Å². The number of fused-ring (bicyclic) bond motifs is 1. The molecule has 0 saturated heterocycles. The van der Waals surface area contributed by atoms with Crippen molar-refractivity contribution >= 4 is 5.69 Å². The van der Waals surface area contributed by atoms with Gasteiger partial charge >= 0.3 is 0 Å². The maximum Gasteiger partial charge on any atom is 0.231 e. The summed E-state index contributed by atoms with van der Waals surface area (Å²) < 4.78 is 10.6. The average Bonchev–Trinajstić information content (AvgIpc) is 2.85. The van der Waals surface area contributed by atoms with Gasteiger partial charge in [0.2, 0.25) is 6.79 Å². The summed E-state index contributed by atoms with van der Waals surface area (Å²) in [5.41, 5.74) is 2.08. The molecule has 1 aliphatic rings. The first-order chi connectivity index (χ1) is 8.81. The standard InChI is InChI=1S/C14H13NO3/c16-12-4-2-11(3-5-12)15-8-10-1-6-13-14(7-10)18-9-17-13/h1-7,15-16H,8-9H2. The van der Waals surface area contributed by atoms with Gasteiger partial charge in [0.1, 0.15) is 5.75 Å². The van der Waals surface area contributed by atoms with E-state index in [1.54, 1.807) is 12.1 Å². The molecule has 18 heavy (non-hydrogen) atoms. The molecule has 0 atom stereocenters. The Morgan fingerprint density at radius 2 is 1.78 bits per heavy atom. The minimum atomic E-state index is 0.267. The highest BCUT2D eigenvalue weighted by atomic mass is 16.7. The van der Waals surface area contributed by atoms with Crippen LogP contribution < -0.4 is 14.8 Å². The third-order valence-electron chi connectivity index (χ3n) is 2.80. The Morgan fingerprint density at radius 1 is 1.00 bits per heavy atom. The molecular formula is C14H13NO3. The summed E-state index contributed by atoms with van der Waals surface area (Å²) in [6.07, 6.45) is 0. The maximum atomic E-state index is 9.19. The summed E-state index contributed by atoms with van der Waals surface area (Å²) in [5, 5.41) is 12.5. The lowest BCUT2D eigenvalue weighted by molar-refractivity contribution is 0.174. The fourth-order valence-corrected chi connectivity index (χ4v) is 1.83. The molecule has 0 amide bonds. The zero-order valence-electron chi connectivity index (χ0n) is 9.72. The third-order valence-corrected chi connectivity index (χ3v) is 2.80. The van der Waals surface area contributed by atoms with Crippen LogP contribution in [0.3, 0.4) is 0 Å². The second-order valence-corrected chi connectivity index (χ2v) is 4.09. The van der Waals surface area contributed by atoms with Gasteiger partial charge in [-0.05, 0) is 42.0 Å². The van der Waals surface area contributed by atoms with Gasteiger partial charge in [-0.1, -0.05) is 6.07 Å². The van der Waals surface area contributed by atoms with Crippen LogP contribution in [-0.2, 0) is 6.54 Å². The van der Waals surface area contributed by atoms with Gasteiger partial charge in [-0.3, -0.25) is 0 Å². The lowest BCUT2D eigenvalue weighted by Gasteiger charge is -2.07. The summed E-state index contributed by atoms with van der Waals surface area (Å²) in [7, 11) is 0. The van der Waals surface area contributed by atoms with Crippen molar-refractivity contribution in [2.24, 2.45) is 0 Å². The van der Waals surface area contributed by atoms with Gasteiger partial charge in [-0.2, -0.15) is 0 Å². The molecule has 0 aromatic heterocycles. The van der Waals surface area contributed by atoms with E-state index in [-0.39, 0.29) is 5.75 Å². The molecule has 0 radical (unpaired) electrons. The Morgan fingerprint density at radius 3 is 2.61 bits per heavy atom. The number of phenolic OH excluding ortho intramolecular Hbond substituents is 1. The lowest BCUT2D eigenvalue weighted by Crippen LogP contribution is -1.98. The van der Waals surface area contributed by atoms with Gasteiger partial charge in [0.05, 0.1) is 0 Å². The minimum absolute atomic E-state index is 0.267. The number of aromatic hydroxyl groups is 1. The van der Waals surface area contributed by atoms with Crippen LogP contribution in [0.1, 0.15) is 5.56 Å². The Hall–Kier alpha value is -2.36. The first-order valence-corrected chi connectivity index (χ1v) is 5.73. The number of ether oxygens (including phenoxy) is 2. The molecule has 0 aliphatic carbocycles. The van der Waals surface area contributed by atoms with E-state index in [0.717, 1.165) is 22.7 Å². The molecule has 2 aromatic carbocycles. The summed E-state index contributed by atoms with van der Waals surface area (Å²) >= 11 is 0. The average molecular weight is 243 g/mol. The van der Waals surface area contributed by atoms with Crippen molar-refractivity contribution in [2.75, 3.05) is 12.1 Å². The number of rotatable bonds is 3. The number of phenols is 1. The zero-order valence-corrected chi connectivity index (χ0v) is 9.72. The Labute approximate surface area is 105 Å². The predicted molar refractivity (Wildman–Crippen MR) is 68.0 cm³/mol. The Balaban J connectivity index is 1.68. The molecule has 0 spiro atoms. The van der Waals surface area contributed by atoms with Gasteiger partial charge in [-0.15, -0.1) is 0 Å². The van der Waals surface area contributed by atoms with E-state index in [4.69, 9.17) is 9.47 Å². The van der Waals surface area contributed by atoms with E-state index in [2.05, 4.69) is 5.32 Å². The Kier molecular flexibility index (Phi) is 2.68. The van der Waals surface area contributed by atoms with Crippen molar-refractivity contribution in [1.82, 2.24) is 0 Å². The van der Waals surface area contributed by atoms with Crippen molar-refractivity contribution < 1.29 is 14.6 Å². The molecule has 92 valence electrons. The maximum absolute atomic E-state index is 9.19. The molecule has 4 nitrogen and oxygen atoms in total. The van der Waals surface area contributed by atoms with Gasteiger partial charge in [0, 0.05) is 12.2 Å². The van der Waals surface area contributed by atoms with E-state index < -0.39 is 0 Å². The van der Waals surface area contributed by atoms with E-state index in [9.17, 15) is 5.11 Å². The quantitative estimate of drug-likeness (QED) is 0.814. The van der Waals surface area contributed by atoms with Gasteiger partial charge < -0.3 is 19.9 Å². The molecule has 2 N–H and O–H groups in total. The van der Waals surface area contributed by atoms with E-state index in [0.29, 0.717) is 13.3 Å². The van der Waals surface area contributed by atoms with Crippen LogP contribution >= 0.6 is 0 Å². The number of benzene rings is 2. The van der Waals surface area contributed by atoms with E-state index >= 15 is 0 Å². The molecule has 1 heterocycles. The van der Waals surface area contributed by atoms with Gasteiger partial charge in [-0.25, -0.2) is 0 Å². The highest BCUT2D eigenvalue weighted by Crippen LogP contribution is 2.32. The first-order valence-electron chi connectivity index (χ1n) is 5.73. The molecular weight excluding hydrogens is 230 g/mol. The van der Waals surface area contributed by atoms with Crippen LogP contribution in [0.2, 0.25) is 0 Å². The van der Waals surface area contributed by atoms with Crippen LogP contribution in [0, 0.1) is 0 Å². The lowest BCUT2D eigenvalue weighted by atomic mass is 10.2. The second kappa shape index (κ2) is 4.49. The number of hydrogen-bond acceptors (Lipinski definition) is 4. The Bertz CT molecular complexity index is 551. The summed E-state index contributed by atoms with van der Waals surface area (Å²) in [5.74, 6) is 1.85. The van der Waals surface area contributed by atoms with Crippen molar-refractivity contribution in [1.29, 1.82) is 0 Å². The molecule has 0 unspecified atom stereocenters. The molecule has 1 aliphatic heterocycles. The SMILES string of the molecule is Oc1ccc(NCc2ccc3c(c2)OCO3)cc1. The fraction of sp³-hybridized carbons (Fsp3) is 0.143. The first kappa shape index (κ1) is 10.8. The molecule has 0 fully saturated rings. The molecule has 0 bridgehead atoms. The van der Waals surface area contributed by atoms with Gasteiger partial charge in [0.25, 0.3) is 0 Å². The molecule has 4 heteroatoms.